The highest BCUT2D eigenvalue weighted by atomic mass is 35.5. The van der Waals surface area contributed by atoms with Gasteiger partial charge >= 0.3 is 0 Å². The SMILES string of the molecule is Cc1nc(Cl)nc(NC2CCC2)c1N. The van der Waals surface area contributed by atoms with Gasteiger partial charge in [0.2, 0.25) is 5.28 Å². The highest BCUT2D eigenvalue weighted by Gasteiger charge is 2.19. The lowest BCUT2D eigenvalue weighted by atomic mass is 9.93. The molecule has 0 atom stereocenters. The van der Waals surface area contributed by atoms with Gasteiger partial charge < -0.3 is 11.1 Å². The van der Waals surface area contributed by atoms with Crippen LogP contribution in [-0.4, -0.2) is 16.0 Å². The molecule has 1 aliphatic carbocycles. The van der Waals surface area contributed by atoms with Crippen molar-refractivity contribution < 1.29 is 0 Å². The van der Waals surface area contributed by atoms with Crippen LogP contribution in [0.5, 0.6) is 0 Å². The Balaban J connectivity index is 2.22. The number of nitrogen functional groups attached to an aromatic ring is 1. The minimum Gasteiger partial charge on any atom is -0.394 e. The Morgan fingerprint density at radius 2 is 2.14 bits per heavy atom. The lowest BCUT2D eigenvalue weighted by Crippen LogP contribution is -2.28. The second-order valence-electron chi connectivity index (χ2n) is 3.61. The van der Waals surface area contributed by atoms with E-state index in [4.69, 9.17) is 17.3 Å². The Labute approximate surface area is 87.9 Å². The Bertz CT molecular complexity index is 349. The van der Waals surface area contributed by atoms with Crippen molar-refractivity contribution >= 4 is 23.1 Å². The van der Waals surface area contributed by atoms with Gasteiger partial charge in [0.05, 0.1) is 11.4 Å². The van der Waals surface area contributed by atoms with Crippen LogP contribution < -0.4 is 11.1 Å². The van der Waals surface area contributed by atoms with Crippen LogP contribution in [-0.2, 0) is 0 Å². The van der Waals surface area contributed by atoms with Crippen LogP contribution >= 0.6 is 11.6 Å². The molecule has 76 valence electrons. The summed E-state index contributed by atoms with van der Waals surface area (Å²) >= 11 is 5.75. The third kappa shape index (κ3) is 1.75. The second-order valence-corrected chi connectivity index (χ2v) is 3.95. The summed E-state index contributed by atoms with van der Waals surface area (Å²) < 4.78 is 0. The zero-order chi connectivity index (χ0) is 10.1. The van der Waals surface area contributed by atoms with Gasteiger partial charge in [-0.1, -0.05) is 0 Å². The summed E-state index contributed by atoms with van der Waals surface area (Å²) in [6.45, 7) is 1.83. The minimum absolute atomic E-state index is 0.249. The van der Waals surface area contributed by atoms with E-state index < -0.39 is 0 Å². The molecule has 1 saturated carbocycles. The molecule has 0 bridgehead atoms. The third-order valence-electron chi connectivity index (χ3n) is 2.55. The minimum atomic E-state index is 0.249. The van der Waals surface area contributed by atoms with E-state index in [0.717, 1.165) is 5.69 Å². The number of aromatic nitrogens is 2. The fraction of sp³-hybridized carbons (Fsp3) is 0.556. The molecule has 0 amide bonds. The predicted octanol–water partition coefficient (Wildman–Crippen LogP) is 1.99. The molecule has 0 aliphatic heterocycles. The van der Waals surface area contributed by atoms with Crippen molar-refractivity contribution in [3.05, 3.63) is 11.0 Å². The lowest BCUT2D eigenvalue weighted by Gasteiger charge is -2.27. The quantitative estimate of drug-likeness (QED) is 0.736. The average Bonchev–Trinajstić information content (AvgIpc) is 2.05. The molecule has 1 aromatic rings. The summed E-state index contributed by atoms with van der Waals surface area (Å²) in [6, 6.07) is 0.502. The molecule has 0 spiro atoms. The van der Waals surface area contributed by atoms with Gasteiger partial charge in [0, 0.05) is 6.04 Å². The Hall–Kier alpha value is -1.03. The first-order valence-electron chi connectivity index (χ1n) is 4.73. The van der Waals surface area contributed by atoms with Crippen molar-refractivity contribution in [2.45, 2.75) is 32.2 Å². The smallest absolute Gasteiger partial charge is 0.224 e. The van der Waals surface area contributed by atoms with Crippen molar-refractivity contribution in [1.82, 2.24) is 9.97 Å². The molecule has 1 aliphatic rings. The molecule has 0 unspecified atom stereocenters. The van der Waals surface area contributed by atoms with Gasteiger partial charge in [-0.2, -0.15) is 4.98 Å². The standard InChI is InChI=1S/C9H13ClN4/c1-5-7(11)8(14-9(10)12-5)13-6-3-2-4-6/h6H,2-4,11H2,1H3,(H,12,13,14). The van der Waals surface area contributed by atoms with Crippen LogP contribution in [0.4, 0.5) is 11.5 Å². The van der Waals surface area contributed by atoms with E-state index in [0.29, 0.717) is 17.5 Å². The van der Waals surface area contributed by atoms with E-state index in [9.17, 15) is 0 Å². The van der Waals surface area contributed by atoms with Gasteiger partial charge in [-0.15, -0.1) is 0 Å². The molecule has 14 heavy (non-hydrogen) atoms. The van der Waals surface area contributed by atoms with Crippen molar-refractivity contribution in [3.63, 3.8) is 0 Å². The first-order chi connectivity index (χ1) is 6.66. The Morgan fingerprint density at radius 3 is 2.71 bits per heavy atom. The first-order valence-corrected chi connectivity index (χ1v) is 5.11. The fourth-order valence-corrected chi connectivity index (χ4v) is 1.61. The van der Waals surface area contributed by atoms with Gasteiger partial charge in [-0.3, -0.25) is 0 Å². The highest BCUT2D eigenvalue weighted by molar-refractivity contribution is 6.28. The zero-order valence-corrected chi connectivity index (χ0v) is 8.80. The highest BCUT2D eigenvalue weighted by Crippen LogP contribution is 2.27. The number of rotatable bonds is 2. The van der Waals surface area contributed by atoms with Gasteiger partial charge in [-0.05, 0) is 37.8 Å². The maximum atomic E-state index is 5.83. The van der Waals surface area contributed by atoms with Crippen LogP contribution in [0, 0.1) is 6.92 Å². The van der Waals surface area contributed by atoms with E-state index in [-0.39, 0.29) is 5.28 Å². The molecule has 1 aromatic heterocycles. The summed E-state index contributed by atoms with van der Waals surface area (Å²) in [5.74, 6) is 0.673. The molecular formula is C9H13ClN4. The van der Waals surface area contributed by atoms with Crippen LogP contribution in [0.15, 0.2) is 0 Å². The van der Waals surface area contributed by atoms with E-state index in [1.165, 1.54) is 19.3 Å². The van der Waals surface area contributed by atoms with E-state index in [2.05, 4.69) is 15.3 Å². The molecular weight excluding hydrogens is 200 g/mol. The third-order valence-corrected chi connectivity index (χ3v) is 2.72. The molecule has 5 heteroatoms. The largest absolute Gasteiger partial charge is 0.394 e. The molecule has 3 N–H and O–H groups in total. The second kappa shape index (κ2) is 3.61. The molecule has 0 saturated heterocycles. The number of hydrogen-bond donors (Lipinski definition) is 2. The lowest BCUT2D eigenvalue weighted by molar-refractivity contribution is 0.444. The zero-order valence-electron chi connectivity index (χ0n) is 8.05. The number of nitrogens with two attached hydrogens (primary N) is 1. The molecule has 0 radical (unpaired) electrons. The molecule has 1 fully saturated rings. The molecule has 1 heterocycles. The average molecular weight is 213 g/mol. The number of nitrogens with zero attached hydrogens (tertiary/aromatic N) is 2. The van der Waals surface area contributed by atoms with Crippen LogP contribution in [0.25, 0.3) is 0 Å². The monoisotopic (exact) mass is 212 g/mol. The van der Waals surface area contributed by atoms with Gasteiger partial charge in [0.15, 0.2) is 5.82 Å². The summed E-state index contributed by atoms with van der Waals surface area (Å²) in [7, 11) is 0. The van der Waals surface area contributed by atoms with E-state index in [1.807, 2.05) is 6.92 Å². The number of halogens is 1. The summed E-state index contributed by atoms with van der Waals surface area (Å²) in [5.41, 5.74) is 7.16. The number of hydrogen-bond acceptors (Lipinski definition) is 4. The van der Waals surface area contributed by atoms with Crippen molar-refractivity contribution in [3.8, 4) is 0 Å². The van der Waals surface area contributed by atoms with E-state index >= 15 is 0 Å². The maximum absolute atomic E-state index is 5.83. The predicted molar refractivity (Wildman–Crippen MR) is 57.5 cm³/mol. The number of anilines is 2. The molecule has 4 nitrogen and oxygen atoms in total. The van der Waals surface area contributed by atoms with Gasteiger partial charge in [-0.25, -0.2) is 4.98 Å². The summed E-state index contributed by atoms with van der Waals surface area (Å²) in [4.78, 5) is 8.05. The fourth-order valence-electron chi connectivity index (χ4n) is 1.40. The van der Waals surface area contributed by atoms with E-state index in [1.54, 1.807) is 0 Å². The number of aryl methyl sites for hydroxylation is 1. The molecule has 0 aromatic carbocycles. The Kier molecular flexibility index (Phi) is 2.46. The van der Waals surface area contributed by atoms with Crippen LogP contribution in [0.3, 0.4) is 0 Å². The normalized spacial score (nSPS) is 16.4. The summed E-state index contributed by atoms with van der Waals surface area (Å²) in [5, 5.41) is 3.52. The maximum Gasteiger partial charge on any atom is 0.224 e. The topological polar surface area (TPSA) is 63.8 Å². The Morgan fingerprint density at radius 1 is 1.43 bits per heavy atom. The van der Waals surface area contributed by atoms with Crippen molar-refractivity contribution in [1.29, 1.82) is 0 Å². The van der Waals surface area contributed by atoms with Crippen molar-refractivity contribution in [2.24, 2.45) is 0 Å². The van der Waals surface area contributed by atoms with Gasteiger partial charge in [0.25, 0.3) is 0 Å². The van der Waals surface area contributed by atoms with Crippen LogP contribution in [0.2, 0.25) is 5.28 Å². The first kappa shape index (κ1) is 9.52. The van der Waals surface area contributed by atoms with Gasteiger partial charge in [0.1, 0.15) is 0 Å². The number of nitrogens with one attached hydrogen (secondary N) is 1. The van der Waals surface area contributed by atoms with Crippen molar-refractivity contribution in [2.75, 3.05) is 11.1 Å². The molecule has 2 rings (SSSR count). The van der Waals surface area contributed by atoms with Crippen LogP contribution in [0.1, 0.15) is 25.0 Å². The summed E-state index contributed by atoms with van der Waals surface area (Å²) in [6.07, 6.45) is 3.63.